The summed E-state index contributed by atoms with van der Waals surface area (Å²) < 4.78 is 5.65. The normalized spacial score (nSPS) is 11.8. The predicted molar refractivity (Wildman–Crippen MR) is 96.5 cm³/mol. The van der Waals surface area contributed by atoms with Gasteiger partial charge in [0.05, 0.1) is 0 Å². The zero-order chi connectivity index (χ0) is 18.2. The van der Waals surface area contributed by atoms with Crippen molar-refractivity contribution in [3.05, 3.63) is 65.2 Å². The summed E-state index contributed by atoms with van der Waals surface area (Å²) in [5.74, 6) is 0.211. The van der Waals surface area contributed by atoms with Crippen LogP contribution in [0.4, 0.5) is 4.79 Å². The van der Waals surface area contributed by atoms with Crippen LogP contribution in [-0.4, -0.2) is 37.0 Å². The molecular formula is C18H20ClN3O3. The van der Waals surface area contributed by atoms with Crippen LogP contribution in [0.2, 0.25) is 5.02 Å². The fourth-order valence-electron chi connectivity index (χ4n) is 2.40. The van der Waals surface area contributed by atoms with E-state index in [1.54, 1.807) is 36.2 Å². The van der Waals surface area contributed by atoms with Crippen molar-refractivity contribution in [2.75, 3.05) is 20.2 Å². The van der Waals surface area contributed by atoms with E-state index in [0.717, 1.165) is 5.56 Å². The Balaban J connectivity index is 2.01. The summed E-state index contributed by atoms with van der Waals surface area (Å²) in [5.41, 5.74) is 5.83. The van der Waals surface area contributed by atoms with E-state index < -0.39 is 18.0 Å². The molecule has 7 heteroatoms. The fourth-order valence-corrected chi connectivity index (χ4v) is 2.52. The Kier molecular flexibility index (Phi) is 6.80. The minimum absolute atomic E-state index is 0.366. The van der Waals surface area contributed by atoms with E-state index in [0.29, 0.717) is 23.9 Å². The second-order valence-corrected chi connectivity index (χ2v) is 5.89. The molecule has 3 amide bonds. The lowest BCUT2D eigenvalue weighted by molar-refractivity contribution is -0.125. The molecule has 2 aromatic carbocycles. The number of benzene rings is 2. The van der Waals surface area contributed by atoms with E-state index >= 15 is 0 Å². The predicted octanol–water partition coefficient (Wildman–Crippen LogP) is 2.59. The molecule has 0 aliphatic heterocycles. The average molecular weight is 362 g/mol. The van der Waals surface area contributed by atoms with Crippen LogP contribution in [0.15, 0.2) is 54.6 Å². The van der Waals surface area contributed by atoms with Crippen molar-refractivity contribution in [3.8, 4) is 5.75 Å². The highest BCUT2D eigenvalue weighted by molar-refractivity contribution is 6.30. The van der Waals surface area contributed by atoms with Gasteiger partial charge in [0.2, 0.25) is 5.91 Å². The van der Waals surface area contributed by atoms with Gasteiger partial charge in [0.1, 0.15) is 18.4 Å². The molecule has 2 rings (SSSR count). The highest BCUT2D eigenvalue weighted by atomic mass is 35.5. The van der Waals surface area contributed by atoms with Crippen LogP contribution in [0.25, 0.3) is 0 Å². The van der Waals surface area contributed by atoms with Crippen LogP contribution in [0.3, 0.4) is 0 Å². The first kappa shape index (κ1) is 18.8. The van der Waals surface area contributed by atoms with E-state index in [1.807, 2.05) is 30.3 Å². The molecule has 0 fully saturated rings. The van der Waals surface area contributed by atoms with Crippen LogP contribution in [-0.2, 0) is 4.79 Å². The Hall–Kier alpha value is -2.57. The lowest BCUT2D eigenvalue weighted by Gasteiger charge is -2.27. The smallest absolute Gasteiger partial charge is 0.318 e. The molecular weight excluding hydrogens is 342 g/mol. The van der Waals surface area contributed by atoms with Crippen LogP contribution in [0.5, 0.6) is 5.75 Å². The highest BCUT2D eigenvalue weighted by Crippen LogP contribution is 2.20. The Morgan fingerprint density at radius 2 is 1.80 bits per heavy atom. The maximum absolute atomic E-state index is 12.4. The Morgan fingerprint density at radius 1 is 1.16 bits per heavy atom. The number of nitrogens with one attached hydrogen (secondary N) is 1. The number of carbonyl (C=O) groups is 2. The van der Waals surface area contributed by atoms with Crippen molar-refractivity contribution >= 4 is 23.5 Å². The Morgan fingerprint density at radius 3 is 2.40 bits per heavy atom. The Labute approximate surface area is 151 Å². The van der Waals surface area contributed by atoms with E-state index in [9.17, 15) is 9.59 Å². The molecule has 0 aliphatic rings. The summed E-state index contributed by atoms with van der Waals surface area (Å²) in [5, 5.41) is 2.78. The summed E-state index contributed by atoms with van der Waals surface area (Å²) in [6, 6.07) is 14.7. The first-order valence-corrected chi connectivity index (χ1v) is 8.09. The van der Waals surface area contributed by atoms with Crippen LogP contribution >= 0.6 is 11.6 Å². The van der Waals surface area contributed by atoms with Gasteiger partial charge in [-0.1, -0.05) is 41.9 Å². The number of carbonyl (C=O) groups excluding carboxylic acids is 2. The minimum atomic E-state index is -0.878. The third-order valence-electron chi connectivity index (χ3n) is 3.58. The van der Waals surface area contributed by atoms with Crippen LogP contribution < -0.4 is 15.8 Å². The van der Waals surface area contributed by atoms with Gasteiger partial charge in [-0.3, -0.25) is 15.0 Å². The number of halogens is 1. The summed E-state index contributed by atoms with van der Waals surface area (Å²) in [6.45, 7) is 0.833. The van der Waals surface area contributed by atoms with Gasteiger partial charge in [-0.15, -0.1) is 0 Å². The number of hydrogen-bond donors (Lipinski definition) is 2. The molecule has 0 bridgehead atoms. The molecule has 0 saturated carbocycles. The molecule has 0 aliphatic carbocycles. The van der Waals surface area contributed by atoms with Crippen molar-refractivity contribution in [1.29, 1.82) is 0 Å². The van der Waals surface area contributed by atoms with Gasteiger partial charge in [0.15, 0.2) is 0 Å². The van der Waals surface area contributed by atoms with Gasteiger partial charge in [0.25, 0.3) is 0 Å². The second kappa shape index (κ2) is 9.05. The number of nitrogens with zero attached hydrogens (tertiary/aromatic N) is 1. The van der Waals surface area contributed by atoms with E-state index in [1.165, 1.54) is 0 Å². The molecule has 0 spiro atoms. The largest absolute Gasteiger partial charge is 0.492 e. The first-order valence-electron chi connectivity index (χ1n) is 7.71. The molecule has 0 saturated heterocycles. The number of rotatable bonds is 7. The van der Waals surface area contributed by atoms with Gasteiger partial charge >= 0.3 is 6.03 Å². The summed E-state index contributed by atoms with van der Waals surface area (Å²) >= 11 is 5.84. The van der Waals surface area contributed by atoms with E-state index in [4.69, 9.17) is 22.1 Å². The number of primary amides is 1. The number of ether oxygens (including phenoxy) is 1. The molecule has 2 aromatic rings. The molecule has 1 atom stereocenters. The molecule has 0 heterocycles. The van der Waals surface area contributed by atoms with Crippen molar-refractivity contribution in [3.63, 3.8) is 0 Å². The monoisotopic (exact) mass is 361 g/mol. The third-order valence-corrected chi connectivity index (χ3v) is 3.83. The summed E-state index contributed by atoms with van der Waals surface area (Å²) in [6.07, 6.45) is 0. The fraction of sp³-hybridized carbons (Fsp3) is 0.222. The number of likely N-dealkylation sites (N-methyl/N-ethyl adjacent to an activating group) is 1. The van der Waals surface area contributed by atoms with Crippen LogP contribution in [0.1, 0.15) is 11.6 Å². The molecule has 0 radical (unpaired) electrons. The zero-order valence-corrected chi connectivity index (χ0v) is 14.6. The standard InChI is InChI=1S/C18H20ClN3O3/c1-22(11-12-25-15-9-7-14(19)8-10-15)16(17(23)21-18(20)24)13-5-3-2-4-6-13/h2-10,16H,11-12H2,1H3,(H3,20,21,23,24)/t16-/m1/s1. The molecule has 0 unspecified atom stereocenters. The van der Waals surface area contributed by atoms with Gasteiger partial charge in [-0.25, -0.2) is 4.79 Å². The second-order valence-electron chi connectivity index (χ2n) is 5.45. The maximum atomic E-state index is 12.4. The SMILES string of the molecule is CN(CCOc1ccc(Cl)cc1)[C@@H](C(=O)NC(N)=O)c1ccccc1. The maximum Gasteiger partial charge on any atom is 0.318 e. The van der Waals surface area contributed by atoms with Gasteiger partial charge in [-0.05, 0) is 36.9 Å². The van der Waals surface area contributed by atoms with E-state index in [-0.39, 0.29) is 0 Å². The molecule has 132 valence electrons. The zero-order valence-electron chi connectivity index (χ0n) is 13.8. The Bertz CT molecular complexity index is 707. The summed E-state index contributed by atoms with van der Waals surface area (Å²) in [4.78, 5) is 25.2. The molecule has 25 heavy (non-hydrogen) atoms. The number of imide groups is 1. The minimum Gasteiger partial charge on any atom is -0.492 e. The number of hydrogen-bond acceptors (Lipinski definition) is 4. The van der Waals surface area contributed by atoms with Crippen molar-refractivity contribution in [1.82, 2.24) is 10.2 Å². The number of amides is 3. The van der Waals surface area contributed by atoms with Gasteiger partial charge in [-0.2, -0.15) is 0 Å². The lowest BCUT2D eigenvalue weighted by atomic mass is 10.0. The molecule has 3 N–H and O–H groups in total. The number of nitrogens with two attached hydrogens (primary N) is 1. The topological polar surface area (TPSA) is 84.7 Å². The van der Waals surface area contributed by atoms with Crippen LogP contribution in [0, 0.1) is 0 Å². The summed E-state index contributed by atoms with van der Waals surface area (Å²) in [7, 11) is 1.78. The first-order chi connectivity index (χ1) is 12.0. The molecule has 0 aromatic heterocycles. The highest BCUT2D eigenvalue weighted by Gasteiger charge is 2.25. The van der Waals surface area contributed by atoms with Crippen molar-refractivity contribution < 1.29 is 14.3 Å². The third kappa shape index (κ3) is 5.77. The quantitative estimate of drug-likeness (QED) is 0.793. The molecule has 6 nitrogen and oxygen atoms in total. The van der Waals surface area contributed by atoms with Gasteiger partial charge in [0, 0.05) is 11.6 Å². The van der Waals surface area contributed by atoms with Crippen molar-refractivity contribution in [2.45, 2.75) is 6.04 Å². The van der Waals surface area contributed by atoms with Gasteiger partial charge < -0.3 is 10.5 Å². The average Bonchev–Trinajstić information content (AvgIpc) is 2.57. The van der Waals surface area contributed by atoms with Crippen molar-refractivity contribution in [2.24, 2.45) is 5.73 Å². The number of urea groups is 1. The lowest BCUT2D eigenvalue weighted by Crippen LogP contribution is -2.44. The van der Waals surface area contributed by atoms with E-state index in [2.05, 4.69) is 5.32 Å².